The maximum atomic E-state index is 5.87. The Balaban J connectivity index is 2.20. The van der Waals surface area contributed by atoms with Crippen molar-refractivity contribution < 1.29 is 4.74 Å². The Morgan fingerprint density at radius 3 is 2.93 bits per heavy atom. The Morgan fingerprint density at radius 2 is 2.33 bits per heavy atom. The smallest absolute Gasteiger partial charge is 0.100 e. The van der Waals surface area contributed by atoms with Gasteiger partial charge in [0.05, 0.1) is 24.7 Å². The number of rotatable bonds is 7. The summed E-state index contributed by atoms with van der Waals surface area (Å²) in [6.45, 7) is 6.27. The van der Waals surface area contributed by atoms with Gasteiger partial charge in [-0.1, -0.05) is 18.6 Å². The van der Waals surface area contributed by atoms with Crippen LogP contribution >= 0.6 is 11.6 Å². The van der Waals surface area contributed by atoms with E-state index in [1.807, 2.05) is 13.1 Å². The first-order valence-corrected chi connectivity index (χ1v) is 5.79. The molecule has 0 aliphatic rings. The number of hydrogen-bond donors (Lipinski definition) is 0. The fourth-order valence-electron chi connectivity index (χ4n) is 1.11. The number of ether oxygens (including phenoxy) is 1. The van der Waals surface area contributed by atoms with Crippen LogP contribution in [0.5, 0.6) is 0 Å². The quantitative estimate of drug-likeness (QED) is 0.535. The SMILES string of the molecule is CCCCOCCn1cc(C(C)Cl)nn1. The van der Waals surface area contributed by atoms with Crippen LogP contribution in [0.3, 0.4) is 0 Å². The summed E-state index contributed by atoms with van der Waals surface area (Å²) in [5, 5.41) is 7.83. The third-order valence-electron chi connectivity index (χ3n) is 2.07. The molecule has 0 radical (unpaired) electrons. The van der Waals surface area contributed by atoms with Crippen molar-refractivity contribution in [3.05, 3.63) is 11.9 Å². The highest BCUT2D eigenvalue weighted by atomic mass is 35.5. The number of nitrogens with zero attached hydrogens (tertiary/aromatic N) is 3. The molecular weight excluding hydrogens is 214 g/mol. The van der Waals surface area contributed by atoms with Crippen LogP contribution in [0, 0.1) is 0 Å². The predicted molar refractivity (Wildman–Crippen MR) is 60.0 cm³/mol. The van der Waals surface area contributed by atoms with E-state index in [9.17, 15) is 0 Å². The highest BCUT2D eigenvalue weighted by molar-refractivity contribution is 6.20. The summed E-state index contributed by atoms with van der Waals surface area (Å²) in [5.41, 5.74) is 0.810. The second-order valence-corrected chi connectivity index (χ2v) is 4.14. The monoisotopic (exact) mass is 231 g/mol. The van der Waals surface area contributed by atoms with Gasteiger partial charge >= 0.3 is 0 Å². The number of alkyl halides is 1. The van der Waals surface area contributed by atoms with Gasteiger partial charge in [-0.2, -0.15) is 0 Å². The van der Waals surface area contributed by atoms with Gasteiger partial charge in [0.15, 0.2) is 0 Å². The second kappa shape index (κ2) is 6.80. The first kappa shape index (κ1) is 12.5. The number of halogens is 1. The lowest BCUT2D eigenvalue weighted by atomic mass is 10.4. The molecule has 0 bridgehead atoms. The summed E-state index contributed by atoms with van der Waals surface area (Å²) in [6, 6.07) is 0. The summed E-state index contributed by atoms with van der Waals surface area (Å²) in [6.07, 6.45) is 4.14. The van der Waals surface area contributed by atoms with Crippen LogP contribution in [-0.4, -0.2) is 28.2 Å². The molecule has 0 spiro atoms. The minimum absolute atomic E-state index is 0.0836. The van der Waals surface area contributed by atoms with Crippen LogP contribution in [0.15, 0.2) is 6.20 Å². The van der Waals surface area contributed by atoms with Crippen LogP contribution < -0.4 is 0 Å². The zero-order valence-corrected chi connectivity index (χ0v) is 10.1. The van der Waals surface area contributed by atoms with E-state index in [-0.39, 0.29) is 5.38 Å². The zero-order chi connectivity index (χ0) is 11.1. The molecule has 0 amide bonds. The third-order valence-corrected chi connectivity index (χ3v) is 2.29. The summed E-state index contributed by atoms with van der Waals surface area (Å²) >= 11 is 5.87. The maximum Gasteiger partial charge on any atom is 0.100 e. The Morgan fingerprint density at radius 1 is 1.53 bits per heavy atom. The van der Waals surface area contributed by atoms with Crippen molar-refractivity contribution in [2.45, 2.75) is 38.6 Å². The summed E-state index contributed by atoms with van der Waals surface area (Å²) < 4.78 is 7.19. The van der Waals surface area contributed by atoms with E-state index in [0.29, 0.717) is 6.61 Å². The van der Waals surface area contributed by atoms with E-state index in [1.54, 1.807) is 4.68 Å². The van der Waals surface area contributed by atoms with Crippen molar-refractivity contribution >= 4 is 11.6 Å². The van der Waals surface area contributed by atoms with E-state index in [1.165, 1.54) is 0 Å². The van der Waals surface area contributed by atoms with Gasteiger partial charge in [-0.3, -0.25) is 0 Å². The largest absolute Gasteiger partial charge is 0.380 e. The lowest BCUT2D eigenvalue weighted by molar-refractivity contribution is 0.120. The maximum absolute atomic E-state index is 5.87. The molecule has 1 aromatic rings. The Hall–Kier alpha value is -0.610. The molecule has 5 heteroatoms. The van der Waals surface area contributed by atoms with Crippen molar-refractivity contribution in [1.82, 2.24) is 15.0 Å². The van der Waals surface area contributed by atoms with Crippen LogP contribution in [0.25, 0.3) is 0 Å². The standard InChI is InChI=1S/C10H18ClN3O/c1-3-4-6-15-7-5-14-8-10(9(2)11)12-13-14/h8-9H,3-7H2,1-2H3. The molecule has 0 aromatic carbocycles. The molecule has 4 nitrogen and oxygen atoms in total. The number of unbranched alkanes of at least 4 members (excludes halogenated alkanes) is 1. The van der Waals surface area contributed by atoms with E-state index in [2.05, 4.69) is 17.2 Å². The molecule has 0 saturated heterocycles. The van der Waals surface area contributed by atoms with Crippen LogP contribution in [0.1, 0.15) is 37.8 Å². The van der Waals surface area contributed by atoms with Gasteiger partial charge in [-0.15, -0.1) is 16.7 Å². The number of aromatic nitrogens is 3. The van der Waals surface area contributed by atoms with Crippen LogP contribution in [0.4, 0.5) is 0 Å². The fraction of sp³-hybridized carbons (Fsp3) is 0.800. The van der Waals surface area contributed by atoms with Crippen LogP contribution in [0.2, 0.25) is 0 Å². The Bertz CT molecular complexity index is 275. The van der Waals surface area contributed by atoms with Gasteiger partial charge in [0.1, 0.15) is 5.69 Å². The molecule has 1 rings (SSSR count). The lowest BCUT2D eigenvalue weighted by Crippen LogP contribution is -2.07. The van der Waals surface area contributed by atoms with E-state index in [4.69, 9.17) is 16.3 Å². The van der Waals surface area contributed by atoms with Crippen molar-refractivity contribution in [2.24, 2.45) is 0 Å². The molecule has 0 saturated carbocycles. The van der Waals surface area contributed by atoms with Gasteiger partial charge in [0, 0.05) is 6.61 Å². The van der Waals surface area contributed by atoms with E-state index < -0.39 is 0 Å². The van der Waals surface area contributed by atoms with Crippen LogP contribution in [-0.2, 0) is 11.3 Å². The molecule has 0 N–H and O–H groups in total. The van der Waals surface area contributed by atoms with Gasteiger partial charge in [0.25, 0.3) is 0 Å². The predicted octanol–water partition coefficient (Wildman–Crippen LogP) is 2.39. The van der Waals surface area contributed by atoms with Gasteiger partial charge < -0.3 is 4.74 Å². The molecule has 0 aliphatic carbocycles. The molecule has 1 unspecified atom stereocenters. The molecule has 0 aliphatic heterocycles. The molecule has 1 heterocycles. The van der Waals surface area contributed by atoms with Crippen molar-refractivity contribution in [1.29, 1.82) is 0 Å². The summed E-state index contributed by atoms with van der Waals surface area (Å²) in [5.74, 6) is 0. The minimum Gasteiger partial charge on any atom is -0.380 e. The van der Waals surface area contributed by atoms with Crippen molar-refractivity contribution in [2.75, 3.05) is 13.2 Å². The second-order valence-electron chi connectivity index (χ2n) is 3.49. The average molecular weight is 232 g/mol. The zero-order valence-electron chi connectivity index (χ0n) is 9.32. The average Bonchev–Trinajstić information content (AvgIpc) is 2.66. The minimum atomic E-state index is -0.0836. The highest BCUT2D eigenvalue weighted by Gasteiger charge is 2.05. The topological polar surface area (TPSA) is 39.9 Å². The Kier molecular flexibility index (Phi) is 5.65. The first-order valence-electron chi connectivity index (χ1n) is 5.36. The van der Waals surface area contributed by atoms with Gasteiger partial charge in [-0.25, -0.2) is 4.68 Å². The summed E-state index contributed by atoms with van der Waals surface area (Å²) in [4.78, 5) is 0. The van der Waals surface area contributed by atoms with Gasteiger partial charge in [0.2, 0.25) is 0 Å². The molecule has 1 aromatic heterocycles. The fourth-order valence-corrected chi connectivity index (χ4v) is 1.21. The van der Waals surface area contributed by atoms with Gasteiger partial charge in [-0.05, 0) is 13.3 Å². The molecule has 1 atom stereocenters. The number of hydrogen-bond acceptors (Lipinski definition) is 3. The molecular formula is C10H18ClN3O. The molecule has 0 fully saturated rings. The lowest BCUT2D eigenvalue weighted by Gasteiger charge is -2.02. The first-order chi connectivity index (χ1) is 7.24. The Labute approximate surface area is 95.6 Å². The van der Waals surface area contributed by atoms with Crippen molar-refractivity contribution in [3.63, 3.8) is 0 Å². The molecule has 15 heavy (non-hydrogen) atoms. The highest BCUT2D eigenvalue weighted by Crippen LogP contribution is 2.14. The summed E-state index contributed by atoms with van der Waals surface area (Å²) in [7, 11) is 0. The molecule has 86 valence electrons. The normalized spacial score (nSPS) is 13.0. The third kappa shape index (κ3) is 4.62. The van der Waals surface area contributed by atoms with Crippen molar-refractivity contribution in [3.8, 4) is 0 Å². The van der Waals surface area contributed by atoms with E-state index in [0.717, 1.165) is 31.7 Å². The van der Waals surface area contributed by atoms with E-state index >= 15 is 0 Å².